The lowest BCUT2D eigenvalue weighted by atomic mass is 10.1. The van der Waals surface area contributed by atoms with Crippen LogP contribution in [0.3, 0.4) is 0 Å². The predicted octanol–water partition coefficient (Wildman–Crippen LogP) is 4.30. The summed E-state index contributed by atoms with van der Waals surface area (Å²) in [5, 5.41) is 18.7. The molecule has 7 heteroatoms. The van der Waals surface area contributed by atoms with Gasteiger partial charge >= 0.3 is 5.97 Å². The molecule has 2 N–H and O–H groups in total. The molecule has 1 heterocycles. The van der Waals surface area contributed by atoms with Crippen LogP contribution in [0.1, 0.15) is 56.6 Å². The van der Waals surface area contributed by atoms with Crippen molar-refractivity contribution in [2.24, 2.45) is 5.92 Å². The van der Waals surface area contributed by atoms with Gasteiger partial charge in [0.2, 0.25) is 0 Å². The van der Waals surface area contributed by atoms with Gasteiger partial charge in [0, 0.05) is 12.8 Å². The number of ether oxygens (including phenoxy) is 1. The van der Waals surface area contributed by atoms with E-state index >= 15 is 0 Å². The van der Waals surface area contributed by atoms with Crippen LogP contribution in [0.4, 0.5) is 0 Å². The molecule has 0 saturated carbocycles. The lowest BCUT2D eigenvalue weighted by molar-refractivity contribution is -0.138. The molecule has 0 amide bonds. The number of aliphatic hydroxyl groups excluding tert-OH is 1. The van der Waals surface area contributed by atoms with E-state index < -0.39 is 5.97 Å². The summed E-state index contributed by atoms with van der Waals surface area (Å²) in [6, 6.07) is 7.77. The van der Waals surface area contributed by atoms with Crippen molar-refractivity contribution in [1.82, 2.24) is 9.55 Å². The largest absolute Gasteiger partial charge is 0.494 e. The second-order valence-electron chi connectivity index (χ2n) is 7.10. The minimum Gasteiger partial charge on any atom is -0.494 e. The van der Waals surface area contributed by atoms with Crippen LogP contribution < -0.4 is 4.74 Å². The fourth-order valence-corrected chi connectivity index (χ4v) is 3.23. The molecular formula is C21H29ClN2O4. The van der Waals surface area contributed by atoms with Crippen molar-refractivity contribution in [1.29, 1.82) is 0 Å². The first kappa shape index (κ1) is 22.2. The number of aryl methyl sites for hydroxylation is 1. The van der Waals surface area contributed by atoms with Gasteiger partial charge in [-0.05, 0) is 36.5 Å². The number of benzene rings is 1. The number of aliphatic carboxylic acids is 1. The van der Waals surface area contributed by atoms with E-state index in [-0.39, 0.29) is 18.9 Å². The molecule has 1 atom stereocenters. The summed E-state index contributed by atoms with van der Waals surface area (Å²) in [5.74, 6) is 0.953. The average molecular weight is 409 g/mol. The number of carboxylic acid groups (broad SMARTS) is 1. The first-order valence-electron chi connectivity index (χ1n) is 9.72. The van der Waals surface area contributed by atoms with Crippen LogP contribution in [0, 0.1) is 5.92 Å². The number of nitrogens with zero attached hydrogens (tertiary/aromatic N) is 2. The van der Waals surface area contributed by atoms with E-state index in [0.29, 0.717) is 30.4 Å². The molecule has 28 heavy (non-hydrogen) atoms. The van der Waals surface area contributed by atoms with Gasteiger partial charge in [-0.1, -0.05) is 44.0 Å². The van der Waals surface area contributed by atoms with Crippen molar-refractivity contribution in [2.45, 2.75) is 59.1 Å². The summed E-state index contributed by atoms with van der Waals surface area (Å²) in [4.78, 5) is 15.2. The molecule has 1 aromatic heterocycles. The molecule has 0 radical (unpaired) electrons. The van der Waals surface area contributed by atoms with Crippen LogP contribution in [0.2, 0.25) is 5.15 Å². The monoisotopic (exact) mass is 408 g/mol. The number of rotatable bonds is 12. The van der Waals surface area contributed by atoms with Crippen molar-refractivity contribution < 1.29 is 19.7 Å². The maximum atomic E-state index is 10.7. The van der Waals surface area contributed by atoms with Crippen molar-refractivity contribution >= 4 is 17.6 Å². The molecule has 0 aliphatic rings. The third kappa shape index (κ3) is 6.53. The van der Waals surface area contributed by atoms with Crippen LogP contribution in [0.25, 0.3) is 0 Å². The van der Waals surface area contributed by atoms with E-state index in [1.807, 2.05) is 35.8 Å². The number of unbranched alkanes of at least 4 members (excludes halogenated alkanes) is 1. The number of aromatic nitrogens is 2. The smallest absolute Gasteiger partial charge is 0.303 e. The second kappa shape index (κ2) is 11.1. The SMILES string of the molecule is CCCCc1nc(CO)c(Cl)n1Cc1ccc(OCCC(C)CC(=O)O)cc1. The Balaban J connectivity index is 1.97. The number of hydrogen-bond donors (Lipinski definition) is 2. The molecule has 0 saturated heterocycles. The normalized spacial score (nSPS) is 12.1. The predicted molar refractivity (Wildman–Crippen MR) is 109 cm³/mol. The number of imidazole rings is 1. The third-order valence-electron chi connectivity index (χ3n) is 4.62. The lowest BCUT2D eigenvalue weighted by Gasteiger charge is -2.12. The van der Waals surface area contributed by atoms with Gasteiger partial charge in [0.1, 0.15) is 22.4 Å². The highest BCUT2D eigenvalue weighted by molar-refractivity contribution is 6.30. The van der Waals surface area contributed by atoms with Gasteiger partial charge in [-0.3, -0.25) is 4.79 Å². The van der Waals surface area contributed by atoms with Crippen molar-refractivity contribution in [3.05, 3.63) is 46.5 Å². The van der Waals surface area contributed by atoms with Gasteiger partial charge in [0.05, 0.1) is 19.8 Å². The summed E-state index contributed by atoms with van der Waals surface area (Å²) in [7, 11) is 0. The molecule has 2 aromatic rings. The third-order valence-corrected chi connectivity index (χ3v) is 5.04. The zero-order valence-electron chi connectivity index (χ0n) is 16.5. The molecule has 1 unspecified atom stereocenters. The van der Waals surface area contributed by atoms with Crippen molar-refractivity contribution in [2.75, 3.05) is 6.61 Å². The van der Waals surface area contributed by atoms with Gasteiger partial charge < -0.3 is 19.5 Å². The minimum absolute atomic E-state index is 0.0856. The summed E-state index contributed by atoms with van der Waals surface area (Å²) in [6.07, 6.45) is 3.76. The summed E-state index contributed by atoms with van der Waals surface area (Å²) < 4.78 is 7.66. The van der Waals surface area contributed by atoms with Crippen LogP contribution in [0.5, 0.6) is 5.75 Å². The van der Waals surface area contributed by atoms with Crippen molar-refractivity contribution in [3.63, 3.8) is 0 Å². The molecule has 6 nitrogen and oxygen atoms in total. The molecule has 1 aromatic carbocycles. The Morgan fingerprint density at radius 3 is 2.64 bits per heavy atom. The van der Waals surface area contributed by atoms with Gasteiger partial charge in [-0.15, -0.1) is 0 Å². The number of carbonyl (C=O) groups is 1. The van der Waals surface area contributed by atoms with E-state index in [1.54, 1.807) is 0 Å². The van der Waals surface area contributed by atoms with Crippen LogP contribution in [-0.4, -0.2) is 32.3 Å². The Hall–Kier alpha value is -2.05. The fraction of sp³-hybridized carbons (Fsp3) is 0.524. The topological polar surface area (TPSA) is 84.6 Å². The fourth-order valence-electron chi connectivity index (χ4n) is 2.97. The molecule has 0 spiro atoms. The molecule has 154 valence electrons. The zero-order valence-corrected chi connectivity index (χ0v) is 17.3. The van der Waals surface area contributed by atoms with E-state index in [4.69, 9.17) is 21.4 Å². The van der Waals surface area contributed by atoms with Crippen LogP contribution in [-0.2, 0) is 24.4 Å². The highest BCUT2D eigenvalue weighted by Crippen LogP contribution is 2.22. The number of aliphatic hydroxyl groups is 1. The second-order valence-corrected chi connectivity index (χ2v) is 7.46. The van der Waals surface area contributed by atoms with E-state index in [2.05, 4.69) is 11.9 Å². The maximum Gasteiger partial charge on any atom is 0.303 e. The number of carboxylic acids is 1. The number of halogens is 1. The quantitative estimate of drug-likeness (QED) is 0.547. The molecule has 0 aliphatic heterocycles. The van der Waals surface area contributed by atoms with Gasteiger partial charge in [0.25, 0.3) is 0 Å². The minimum atomic E-state index is -0.780. The van der Waals surface area contributed by atoms with E-state index in [1.165, 1.54) is 0 Å². The Bertz CT molecular complexity index is 759. The Morgan fingerprint density at radius 2 is 2.04 bits per heavy atom. The zero-order chi connectivity index (χ0) is 20.5. The summed E-state index contributed by atoms with van der Waals surface area (Å²) in [6.45, 7) is 4.94. The van der Waals surface area contributed by atoms with E-state index in [0.717, 1.165) is 36.4 Å². The highest BCUT2D eigenvalue weighted by atomic mass is 35.5. The van der Waals surface area contributed by atoms with Crippen LogP contribution >= 0.6 is 11.6 Å². The Labute approximate surface area is 171 Å². The Morgan fingerprint density at radius 1 is 1.32 bits per heavy atom. The summed E-state index contributed by atoms with van der Waals surface area (Å²) >= 11 is 6.40. The lowest BCUT2D eigenvalue weighted by Crippen LogP contribution is -2.09. The van der Waals surface area contributed by atoms with Gasteiger partial charge in [0.15, 0.2) is 0 Å². The average Bonchev–Trinajstić information content (AvgIpc) is 2.96. The van der Waals surface area contributed by atoms with Crippen molar-refractivity contribution in [3.8, 4) is 5.75 Å². The molecule has 0 fully saturated rings. The highest BCUT2D eigenvalue weighted by Gasteiger charge is 2.15. The molecule has 2 rings (SSSR count). The Kier molecular flexibility index (Phi) is 8.80. The standard InChI is InChI=1S/C21H29ClN2O4/c1-3-4-5-19-23-18(14-25)21(22)24(19)13-16-6-8-17(9-7-16)28-11-10-15(2)12-20(26)27/h6-9,15,25H,3-5,10-14H2,1-2H3,(H,26,27). The maximum absolute atomic E-state index is 10.7. The number of hydrogen-bond acceptors (Lipinski definition) is 4. The van der Waals surface area contributed by atoms with Gasteiger partial charge in [-0.25, -0.2) is 4.98 Å². The van der Waals surface area contributed by atoms with E-state index in [9.17, 15) is 9.90 Å². The molecule has 0 aliphatic carbocycles. The molecule has 0 bridgehead atoms. The molecular weight excluding hydrogens is 380 g/mol. The van der Waals surface area contributed by atoms with Gasteiger partial charge in [-0.2, -0.15) is 0 Å². The first-order valence-corrected chi connectivity index (χ1v) is 10.1. The van der Waals surface area contributed by atoms with Crippen LogP contribution in [0.15, 0.2) is 24.3 Å². The first-order chi connectivity index (χ1) is 13.4. The summed E-state index contributed by atoms with van der Waals surface area (Å²) in [5.41, 5.74) is 1.58.